The standard InChI is InChI=1S/C6H5N5.ClH/c7-11-6-4-1-2-8-5(4)9-3-10-6;/h1-3,7H,(H,8,9,10);1H. The second-order valence-corrected chi connectivity index (χ2v) is 2.05. The van der Waals surface area contributed by atoms with Crippen LogP contribution in [0.3, 0.4) is 0 Å². The summed E-state index contributed by atoms with van der Waals surface area (Å²) in [6, 6.07) is 1.79. The Kier molecular flexibility index (Phi) is 2.35. The van der Waals surface area contributed by atoms with Crippen LogP contribution in [-0.4, -0.2) is 15.0 Å². The van der Waals surface area contributed by atoms with Crippen LogP contribution < -0.4 is 0 Å². The van der Waals surface area contributed by atoms with E-state index < -0.39 is 0 Å². The van der Waals surface area contributed by atoms with E-state index in [-0.39, 0.29) is 12.4 Å². The minimum absolute atomic E-state index is 0. The number of nitrogens with one attached hydrogen (secondary N) is 2. The Morgan fingerprint density at radius 3 is 3.00 bits per heavy atom. The van der Waals surface area contributed by atoms with Gasteiger partial charge in [0.25, 0.3) is 0 Å². The molecule has 0 radical (unpaired) electrons. The topological polar surface area (TPSA) is 77.8 Å². The van der Waals surface area contributed by atoms with E-state index in [0.29, 0.717) is 11.5 Å². The third-order valence-electron chi connectivity index (χ3n) is 1.44. The SMILES string of the molecule is Cl.N=Nc1ncnc2[nH]ccc12. The number of aromatic nitrogens is 3. The fraction of sp³-hybridized carbons (Fsp3) is 0. The summed E-state index contributed by atoms with van der Waals surface area (Å²) >= 11 is 0. The summed E-state index contributed by atoms with van der Waals surface area (Å²) < 4.78 is 0. The van der Waals surface area contributed by atoms with E-state index in [0.717, 1.165) is 5.39 Å². The van der Waals surface area contributed by atoms with Crippen LogP contribution in [-0.2, 0) is 0 Å². The molecule has 0 aliphatic rings. The Morgan fingerprint density at radius 1 is 1.42 bits per heavy atom. The Morgan fingerprint density at radius 2 is 2.25 bits per heavy atom. The second kappa shape index (κ2) is 3.27. The first-order valence-electron chi connectivity index (χ1n) is 3.07. The fourth-order valence-corrected chi connectivity index (χ4v) is 0.948. The van der Waals surface area contributed by atoms with E-state index in [2.05, 4.69) is 20.1 Å². The lowest BCUT2D eigenvalue weighted by Gasteiger charge is -1.89. The van der Waals surface area contributed by atoms with Gasteiger partial charge < -0.3 is 4.98 Å². The molecule has 2 aromatic rings. The van der Waals surface area contributed by atoms with Crippen LogP contribution in [0.4, 0.5) is 5.82 Å². The number of nitrogens with zero attached hydrogens (tertiary/aromatic N) is 3. The number of hydrogen-bond acceptors (Lipinski definition) is 4. The first-order chi connectivity index (χ1) is 5.42. The number of fused-ring (bicyclic) bond motifs is 1. The van der Waals surface area contributed by atoms with Gasteiger partial charge in [-0.1, -0.05) is 0 Å². The lowest BCUT2D eigenvalue weighted by atomic mass is 10.4. The molecule has 0 bridgehead atoms. The molecule has 2 N–H and O–H groups in total. The Labute approximate surface area is 74.2 Å². The summed E-state index contributed by atoms with van der Waals surface area (Å²) in [6.45, 7) is 0. The average Bonchev–Trinajstić information content (AvgIpc) is 2.50. The van der Waals surface area contributed by atoms with Gasteiger partial charge in [0.05, 0.1) is 5.39 Å². The Balaban J connectivity index is 0.000000720. The third kappa shape index (κ3) is 1.14. The minimum Gasteiger partial charge on any atom is -0.346 e. The van der Waals surface area contributed by atoms with E-state index in [1.165, 1.54) is 6.33 Å². The molecule has 0 saturated heterocycles. The monoisotopic (exact) mass is 183 g/mol. The molecule has 12 heavy (non-hydrogen) atoms. The van der Waals surface area contributed by atoms with Crippen molar-refractivity contribution in [3.8, 4) is 0 Å². The molecule has 5 nitrogen and oxygen atoms in total. The van der Waals surface area contributed by atoms with Gasteiger partial charge in [0.15, 0.2) is 5.82 Å². The van der Waals surface area contributed by atoms with Crippen LogP contribution in [0.15, 0.2) is 23.7 Å². The van der Waals surface area contributed by atoms with Crippen molar-refractivity contribution >= 4 is 29.3 Å². The molecule has 0 aliphatic carbocycles. The van der Waals surface area contributed by atoms with Gasteiger partial charge in [-0.25, -0.2) is 15.5 Å². The maximum atomic E-state index is 6.79. The molecule has 62 valence electrons. The zero-order valence-corrected chi connectivity index (χ0v) is 6.80. The lowest BCUT2D eigenvalue weighted by Crippen LogP contribution is -1.78. The summed E-state index contributed by atoms with van der Waals surface area (Å²) in [4.78, 5) is 10.7. The van der Waals surface area contributed by atoms with Gasteiger partial charge in [0.2, 0.25) is 0 Å². The maximum absolute atomic E-state index is 6.79. The molecule has 0 fully saturated rings. The molecule has 0 atom stereocenters. The predicted octanol–water partition coefficient (Wildman–Crippen LogP) is 2.04. The highest BCUT2D eigenvalue weighted by molar-refractivity contribution is 5.85. The zero-order chi connectivity index (χ0) is 7.68. The molecular formula is C6H6ClN5. The average molecular weight is 184 g/mol. The Bertz CT molecular complexity index is 395. The number of halogens is 1. The molecule has 0 spiro atoms. The quantitative estimate of drug-likeness (QED) is 0.664. The van der Waals surface area contributed by atoms with Crippen LogP contribution in [0.2, 0.25) is 0 Å². The fourth-order valence-electron chi connectivity index (χ4n) is 0.948. The first kappa shape index (κ1) is 8.61. The number of hydrogen-bond donors (Lipinski definition) is 2. The van der Waals surface area contributed by atoms with E-state index in [4.69, 9.17) is 5.53 Å². The predicted molar refractivity (Wildman–Crippen MR) is 45.9 cm³/mol. The molecule has 0 aliphatic heterocycles. The molecular weight excluding hydrogens is 178 g/mol. The van der Waals surface area contributed by atoms with Crippen molar-refractivity contribution in [1.29, 1.82) is 5.53 Å². The van der Waals surface area contributed by atoms with Gasteiger partial charge in [-0.05, 0) is 6.07 Å². The number of rotatable bonds is 1. The third-order valence-corrected chi connectivity index (χ3v) is 1.44. The van der Waals surface area contributed by atoms with Crippen molar-refractivity contribution in [2.75, 3.05) is 0 Å². The summed E-state index contributed by atoms with van der Waals surface area (Å²) in [5, 5.41) is 4.03. The van der Waals surface area contributed by atoms with Crippen LogP contribution in [0, 0.1) is 5.53 Å². The van der Waals surface area contributed by atoms with Crippen molar-refractivity contribution in [3.63, 3.8) is 0 Å². The first-order valence-corrected chi connectivity index (χ1v) is 3.07. The van der Waals surface area contributed by atoms with E-state index in [1.54, 1.807) is 12.3 Å². The number of H-pyrrole nitrogens is 1. The smallest absolute Gasteiger partial charge is 0.186 e. The van der Waals surface area contributed by atoms with Crippen LogP contribution in [0.1, 0.15) is 0 Å². The number of aromatic amines is 1. The summed E-state index contributed by atoms with van der Waals surface area (Å²) in [7, 11) is 0. The van der Waals surface area contributed by atoms with Crippen LogP contribution in [0.5, 0.6) is 0 Å². The van der Waals surface area contributed by atoms with Crippen LogP contribution in [0.25, 0.3) is 11.0 Å². The van der Waals surface area contributed by atoms with Crippen LogP contribution >= 0.6 is 12.4 Å². The lowest BCUT2D eigenvalue weighted by molar-refractivity contribution is 1.08. The van der Waals surface area contributed by atoms with Gasteiger partial charge in [-0.15, -0.1) is 17.5 Å². The molecule has 0 saturated carbocycles. The summed E-state index contributed by atoms with van der Waals surface area (Å²) in [5.74, 6) is 0.399. The highest BCUT2D eigenvalue weighted by atomic mass is 35.5. The van der Waals surface area contributed by atoms with Crippen molar-refractivity contribution in [3.05, 3.63) is 18.6 Å². The van der Waals surface area contributed by atoms with E-state index in [1.807, 2.05) is 0 Å². The van der Waals surface area contributed by atoms with Crippen molar-refractivity contribution in [2.45, 2.75) is 0 Å². The largest absolute Gasteiger partial charge is 0.346 e. The normalized spacial score (nSPS) is 9.33. The van der Waals surface area contributed by atoms with Crippen molar-refractivity contribution in [2.24, 2.45) is 5.11 Å². The van der Waals surface area contributed by atoms with Crippen molar-refractivity contribution < 1.29 is 0 Å². The van der Waals surface area contributed by atoms with Gasteiger partial charge in [0, 0.05) is 6.20 Å². The molecule has 2 rings (SSSR count). The summed E-state index contributed by atoms with van der Waals surface area (Å²) in [5.41, 5.74) is 7.50. The van der Waals surface area contributed by atoms with Gasteiger partial charge in [-0.3, -0.25) is 0 Å². The van der Waals surface area contributed by atoms with E-state index >= 15 is 0 Å². The minimum atomic E-state index is 0. The second-order valence-electron chi connectivity index (χ2n) is 2.05. The molecule has 0 unspecified atom stereocenters. The Hall–Kier alpha value is -1.49. The molecule has 0 aromatic carbocycles. The van der Waals surface area contributed by atoms with Gasteiger partial charge in [0.1, 0.15) is 12.0 Å². The maximum Gasteiger partial charge on any atom is 0.186 e. The highest BCUT2D eigenvalue weighted by Crippen LogP contribution is 2.19. The zero-order valence-electron chi connectivity index (χ0n) is 5.98. The molecule has 2 aromatic heterocycles. The van der Waals surface area contributed by atoms with Gasteiger partial charge in [-0.2, -0.15) is 0 Å². The molecule has 6 heteroatoms. The van der Waals surface area contributed by atoms with E-state index in [9.17, 15) is 0 Å². The van der Waals surface area contributed by atoms with Gasteiger partial charge >= 0.3 is 0 Å². The summed E-state index contributed by atoms with van der Waals surface area (Å²) in [6.07, 6.45) is 3.13. The molecule has 0 amide bonds. The van der Waals surface area contributed by atoms with Crippen molar-refractivity contribution in [1.82, 2.24) is 15.0 Å². The highest BCUT2D eigenvalue weighted by Gasteiger charge is 2.00. The molecule has 2 heterocycles.